The van der Waals surface area contributed by atoms with Crippen molar-refractivity contribution in [1.82, 2.24) is 4.90 Å². The largest absolute Gasteiger partial charge is 0.395 e. The van der Waals surface area contributed by atoms with Crippen molar-refractivity contribution in [1.29, 1.82) is 0 Å². The van der Waals surface area contributed by atoms with E-state index >= 15 is 0 Å². The summed E-state index contributed by atoms with van der Waals surface area (Å²) in [5.74, 6) is 0. The number of nitrogens with zero attached hydrogens (tertiary/aromatic N) is 1. The zero-order valence-electron chi connectivity index (χ0n) is 7.11. The molecule has 2 aliphatic heterocycles. The second-order valence-electron chi connectivity index (χ2n) is 3.40. The Morgan fingerprint density at radius 3 is 2.50 bits per heavy atom. The van der Waals surface area contributed by atoms with Crippen molar-refractivity contribution >= 4 is 0 Å². The molecule has 0 amide bonds. The Balaban J connectivity index is 1.87. The van der Waals surface area contributed by atoms with Crippen LogP contribution in [-0.4, -0.2) is 61.7 Å². The van der Waals surface area contributed by atoms with Gasteiger partial charge >= 0.3 is 0 Å². The van der Waals surface area contributed by atoms with Crippen LogP contribution in [0.25, 0.3) is 0 Å². The number of hydrogen-bond donors (Lipinski definition) is 1. The molecule has 2 atom stereocenters. The van der Waals surface area contributed by atoms with Crippen molar-refractivity contribution < 1.29 is 14.6 Å². The number of β-amino-alcohol motifs (C(OH)–C–C–N with tert-alkyl or cyclic N) is 1. The molecular formula is C8H15NO3. The number of aliphatic hydroxyl groups is 1. The van der Waals surface area contributed by atoms with Crippen molar-refractivity contribution in [2.75, 3.05) is 39.5 Å². The summed E-state index contributed by atoms with van der Waals surface area (Å²) in [6.45, 7) is 4.21. The second kappa shape index (κ2) is 3.70. The summed E-state index contributed by atoms with van der Waals surface area (Å²) in [5, 5.41) is 8.77. The van der Waals surface area contributed by atoms with E-state index in [9.17, 15) is 0 Å². The zero-order valence-corrected chi connectivity index (χ0v) is 7.11. The predicted molar refractivity (Wildman–Crippen MR) is 43.0 cm³/mol. The minimum atomic E-state index is 0.226. The molecule has 2 saturated heterocycles. The number of morpholine rings is 1. The van der Waals surface area contributed by atoms with Crippen LogP contribution in [0.1, 0.15) is 0 Å². The second-order valence-corrected chi connectivity index (χ2v) is 3.40. The molecule has 2 rings (SSSR count). The van der Waals surface area contributed by atoms with Gasteiger partial charge in [0.05, 0.1) is 32.0 Å². The molecule has 2 unspecified atom stereocenters. The lowest BCUT2D eigenvalue weighted by Crippen LogP contribution is -2.54. The Bertz CT molecular complexity index is 141. The maximum atomic E-state index is 8.77. The molecule has 0 aromatic rings. The molecule has 0 spiro atoms. The fourth-order valence-corrected chi connectivity index (χ4v) is 1.85. The van der Waals surface area contributed by atoms with Crippen molar-refractivity contribution in [2.24, 2.45) is 0 Å². The Labute approximate surface area is 72.1 Å². The van der Waals surface area contributed by atoms with Crippen LogP contribution < -0.4 is 0 Å². The highest BCUT2D eigenvalue weighted by molar-refractivity contribution is 4.80. The van der Waals surface area contributed by atoms with E-state index in [0.717, 1.165) is 19.6 Å². The highest BCUT2D eigenvalue weighted by Crippen LogP contribution is 2.16. The normalized spacial score (nSPS) is 36.8. The van der Waals surface area contributed by atoms with Gasteiger partial charge in [-0.05, 0) is 0 Å². The molecule has 2 fully saturated rings. The topological polar surface area (TPSA) is 41.9 Å². The fraction of sp³-hybridized carbons (Fsp3) is 1.00. The molecule has 4 heteroatoms. The van der Waals surface area contributed by atoms with Crippen molar-refractivity contribution in [2.45, 2.75) is 12.2 Å². The van der Waals surface area contributed by atoms with E-state index in [1.165, 1.54) is 0 Å². The molecular weight excluding hydrogens is 158 g/mol. The Kier molecular flexibility index (Phi) is 2.60. The summed E-state index contributed by atoms with van der Waals surface area (Å²) in [4.78, 5) is 2.24. The maximum Gasteiger partial charge on any atom is 0.0940 e. The molecule has 0 aromatic heterocycles. The van der Waals surface area contributed by atoms with E-state index in [-0.39, 0.29) is 18.8 Å². The molecule has 12 heavy (non-hydrogen) atoms. The van der Waals surface area contributed by atoms with Gasteiger partial charge in [-0.2, -0.15) is 0 Å². The van der Waals surface area contributed by atoms with E-state index in [1.54, 1.807) is 0 Å². The molecule has 2 heterocycles. The monoisotopic (exact) mass is 173 g/mol. The molecule has 0 aromatic carbocycles. The number of ether oxygens (including phenoxy) is 2. The van der Waals surface area contributed by atoms with Crippen LogP contribution in [0.3, 0.4) is 0 Å². The minimum absolute atomic E-state index is 0.226. The number of fused-ring (bicyclic) bond motifs is 2. The molecule has 0 radical (unpaired) electrons. The third-order valence-electron chi connectivity index (χ3n) is 2.33. The summed E-state index contributed by atoms with van der Waals surface area (Å²) in [5.41, 5.74) is 0. The SMILES string of the molecule is OCCN1CC2COCC(C1)O2. The molecule has 2 aliphatic rings. The van der Waals surface area contributed by atoms with Crippen LogP contribution in [0.4, 0.5) is 0 Å². The van der Waals surface area contributed by atoms with E-state index in [1.807, 2.05) is 0 Å². The standard InChI is InChI=1S/C8H15NO3/c10-2-1-9-3-7-5-11-6-8(4-9)12-7/h7-8,10H,1-6H2. The zero-order chi connectivity index (χ0) is 8.39. The maximum absolute atomic E-state index is 8.77. The first kappa shape index (κ1) is 8.44. The van der Waals surface area contributed by atoms with Crippen molar-refractivity contribution in [3.05, 3.63) is 0 Å². The lowest BCUT2D eigenvalue weighted by atomic mass is 10.2. The van der Waals surface area contributed by atoms with Gasteiger partial charge in [-0.15, -0.1) is 0 Å². The van der Waals surface area contributed by atoms with Crippen molar-refractivity contribution in [3.63, 3.8) is 0 Å². The van der Waals surface area contributed by atoms with Crippen LogP contribution in [0.5, 0.6) is 0 Å². The average Bonchev–Trinajstić information content (AvgIpc) is 2.04. The minimum Gasteiger partial charge on any atom is -0.395 e. The first-order valence-corrected chi connectivity index (χ1v) is 4.45. The Morgan fingerprint density at radius 1 is 1.25 bits per heavy atom. The highest BCUT2D eigenvalue weighted by atomic mass is 16.6. The van der Waals surface area contributed by atoms with Gasteiger partial charge in [-0.25, -0.2) is 0 Å². The van der Waals surface area contributed by atoms with E-state index < -0.39 is 0 Å². The highest BCUT2D eigenvalue weighted by Gasteiger charge is 2.31. The average molecular weight is 173 g/mol. The molecule has 4 nitrogen and oxygen atoms in total. The quantitative estimate of drug-likeness (QED) is 0.586. The summed E-state index contributed by atoms with van der Waals surface area (Å²) >= 11 is 0. The molecule has 0 saturated carbocycles. The number of hydrogen-bond acceptors (Lipinski definition) is 4. The van der Waals surface area contributed by atoms with Gasteiger partial charge in [-0.1, -0.05) is 0 Å². The smallest absolute Gasteiger partial charge is 0.0940 e. The molecule has 70 valence electrons. The summed E-state index contributed by atoms with van der Waals surface area (Å²) in [7, 11) is 0. The van der Waals surface area contributed by atoms with E-state index in [2.05, 4.69) is 4.90 Å². The van der Waals surface area contributed by atoms with Gasteiger partial charge < -0.3 is 14.6 Å². The third-order valence-corrected chi connectivity index (χ3v) is 2.33. The van der Waals surface area contributed by atoms with E-state index in [0.29, 0.717) is 13.2 Å². The Hall–Kier alpha value is -0.160. The van der Waals surface area contributed by atoms with Crippen LogP contribution >= 0.6 is 0 Å². The lowest BCUT2D eigenvalue weighted by Gasteiger charge is -2.40. The first-order chi connectivity index (χ1) is 5.88. The Morgan fingerprint density at radius 2 is 1.92 bits per heavy atom. The fourth-order valence-electron chi connectivity index (χ4n) is 1.85. The van der Waals surface area contributed by atoms with Gasteiger partial charge in [0.1, 0.15) is 0 Å². The van der Waals surface area contributed by atoms with Crippen LogP contribution in [0.2, 0.25) is 0 Å². The van der Waals surface area contributed by atoms with Crippen molar-refractivity contribution in [3.8, 4) is 0 Å². The van der Waals surface area contributed by atoms with E-state index in [4.69, 9.17) is 14.6 Å². The van der Waals surface area contributed by atoms with Gasteiger partial charge in [0.15, 0.2) is 0 Å². The summed E-state index contributed by atoms with van der Waals surface area (Å²) in [6, 6.07) is 0. The lowest BCUT2D eigenvalue weighted by molar-refractivity contribution is -0.179. The molecule has 1 N–H and O–H groups in total. The van der Waals surface area contributed by atoms with Crippen LogP contribution in [-0.2, 0) is 9.47 Å². The van der Waals surface area contributed by atoms with Gasteiger partial charge in [-0.3, -0.25) is 4.90 Å². The third kappa shape index (κ3) is 1.77. The predicted octanol–water partition coefficient (Wildman–Crippen LogP) is -0.922. The van der Waals surface area contributed by atoms with Crippen LogP contribution in [0.15, 0.2) is 0 Å². The molecule has 0 aliphatic carbocycles. The number of aliphatic hydroxyl groups excluding tert-OH is 1. The first-order valence-electron chi connectivity index (χ1n) is 4.45. The van der Waals surface area contributed by atoms with Gasteiger partial charge in [0.25, 0.3) is 0 Å². The summed E-state index contributed by atoms with van der Waals surface area (Å²) < 4.78 is 11.0. The van der Waals surface area contributed by atoms with Gasteiger partial charge in [0.2, 0.25) is 0 Å². The summed E-state index contributed by atoms with van der Waals surface area (Å²) in [6.07, 6.45) is 0.452. The van der Waals surface area contributed by atoms with Gasteiger partial charge in [0, 0.05) is 19.6 Å². The van der Waals surface area contributed by atoms with Crippen LogP contribution in [0, 0.1) is 0 Å². The molecule has 2 bridgehead atoms. The number of rotatable bonds is 2.